The first-order chi connectivity index (χ1) is 5.15. The molecule has 0 saturated heterocycles. The fourth-order valence-electron chi connectivity index (χ4n) is 1.12. The first kappa shape index (κ1) is 11.9. The predicted molar refractivity (Wildman–Crippen MR) is 58.3 cm³/mol. The van der Waals surface area contributed by atoms with Crippen LogP contribution in [0, 0.1) is 6.92 Å². The molecule has 1 aromatic rings. The molecule has 1 aromatic heterocycles. The van der Waals surface area contributed by atoms with Crippen molar-refractivity contribution >= 4 is 23.7 Å². The van der Waals surface area contributed by atoms with Crippen LogP contribution in [0.2, 0.25) is 0 Å². The van der Waals surface area contributed by atoms with Crippen molar-refractivity contribution in [3.63, 3.8) is 0 Å². The van der Waals surface area contributed by atoms with Gasteiger partial charge in [0.25, 0.3) is 0 Å². The van der Waals surface area contributed by atoms with Crippen LogP contribution in [0.1, 0.15) is 35.2 Å². The maximum Gasteiger partial charge on any atom is 0.0361 e. The first-order valence-electron chi connectivity index (χ1n) is 4.00. The minimum Gasteiger partial charge on any atom is -0.324 e. The predicted octanol–water partition coefficient (Wildman–Crippen LogP) is 3.06. The standard InChI is InChI=1S/C9H15NS.ClH/c1-4-8-6(2)5-9(11-8)7(3)10;/h5,7H,4,10H2,1-3H3;1H. The summed E-state index contributed by atoms with van der Waals surface area (Å²) in [5.74, 6) is 0. The molecule has 1 unspecified atom stereocenters. The molecule has 2 N–H and O–H groups in total. The molecular weight excluding hydrogens is 190 g/mol. The lowest BCUT2D eigenvalue weighted by molar-refractivity contribution is 0.838. The smallest absolute Gasteiger partial charge is 0.0361 e. The molecule has 0 aromatic carbocycles. The summed E-state index contributed by atoms with van der Waals surface area (Å²) in [6.45, 7) is 6.37. The van der Waals surface area contributed by atoms with Crippen molar-refractivity contribution in [3.8, 4) is 0 Å². The first-order valence-corrected chi connectivity index (χ1v) is 4.81. The average molecular weight is 206 g/mol. The minimum atomic E-state index is 0. The van der Waals surface area contributed by atoms with Gasteiger partial charge in [0.1, 0.15) is 0 Å². The third-order valence-electron chi connectivity index (χ3n) is 1.81. The number of rotatable bonds is 2. The van der Waals surface area contributed by atoms with Crippen LogP contribution in [0.25, 0.3) is 0 Å². The molecular formula is C9H16ClNS. The molecule has 1 heterocycles. The summed E-state index contributed by atoms with van der Waals surface area (Å²) < 4.78 is 0. The van der Waals surface area contributed by atoms with E-state index in [1.807, 2.05) is 18.3 Å². The normalized spacial score (nSPS) is 12.3. The fourth-order valence-corrected chi connectivity index (χ4v) is 2.19. The summed E-state index contributed by atoms with van der Waals surface area (Å²) >= 11 is 1.84. The van der Waals surface area contributed by atoms with Gasteiger partial charge in [-0.2, -0.15) is 0 Å². The molecule has 0 aliphatic rings. The number of nitrogens with two attached hydrogens (primary N) is 1. The van der Waals surface area contributed by atoms with E-state index in [9.17, 15) is 0 Å². The number of hydrogen-bond acceptors (Lipinski definition) is 2. The average Bonchev–Trinajstić information content (AvgIpc) is 2.31. The van der Waals surface area contributed by atoms with Gasteiger partial charge in [0.2, 0.25) is 0 Å². The Morgan fingerprint density at radius 3 is 2.42 bits per heavy atom. The maximum atomic E-state index is 5.76. The second kappa shape index (κ2) is 4.85. The SMILES string of the molecule is CCc1sc(C(C)N)cc1C.Cl. The molecule has 1 nitrogen and oxygen atoms in total. The highest BCUT2D eigenvalue weighted by Crippen LogP contribution is 2.25. The zero-order valence-corrected chi connectivity index (χ0v) is 9.39. The molecule has 3 heteroatoms. The Hall–Kier alpha value is -0.0500. The summed E-state index contributed by atoms with van der Waals surface area (Å²) in [4.78, 5) is 2.77. The van der Waals surface area contributed by atoms with E-state index in [0.717, 1.165) is 6.42 Å². The number of thiophene rings is 1. The van der Waals surface area contributed by atoms with Gasteiger partial charge in [0.05, 0.1) is 0 Å². The molecule has 1 rings (SSSR count). The Balaban J connectivity index is 0.00000121. The molecule has 1 atom stereocenters. The molecule has 0 aliphatic heterocycles. The lowest BCUT2D eigenvalue weighted by atomic mass is 10.2. The van der Waals surface area contributed by atoms with Crippen LogP contribution in [0.4, 0.5) is 0 Å². The van der Waals surface area contributed by atoms with E-state index in [2.05, 4.69) is 19.9 Å². The summed E-state index contributed by atoms with van der Waals surface area (Å²) in [5.41, 5.74) is 7.15. The number of halogens is 1. The van der Waals surface area contributed by atoms with E-state index < -0.39 is 0 Å². The molecule has 0 saturated carbocycles. The number of hydrogen-bond donors (Lipinski definition) is 1. The molecule has 0 amide bonds. The van der Waals surface area contributed by atoms with Crippen LogP contribution in [0.3, 0.4) is 0 Å². The minimum absolute atomic E-state index is 0. The molecule has 0 aliphatic carbocycles. The van der Waals surface area contributed by atoms with Crippen LogP contribution in [-0.2, 0) is 6.42 Å². The van der Waals surface area contributed by atoms with Crippen molar-refractivity contribution in [2.45, 2.75) is 33.2 Å². The Morgan fingerprint density at radius 2 is 2.17 bits per heavy atom. The largest absolute Gasteiger partial charge is 0.324 e. The summed E-state index contributed by atoms with van der Waals surface area (Å²) in [6, 6.07) is 2.40. The molecule has 70 valence electrons. The van der Waals surface area contributed by atoms with Crippen LogP contribution in [-0.4, -0.2) is 0 Å². The third-order valence-corrected chi connectivity index (χ3v) is 3.39. The molecule has 0 fully saturated rings. The molecule has 0 bridgehead atoms. The van der Waals surface area contributed by atoms with Gasteiger partial charge in [0.15, 0.2) is 0 Å². The van der Waals surface area contributed by atoms with Crippen LogP contribution >= 0.6 is 23.7 Å². The second-order valence-corrected chi connectivity index (χ2v) is 4.07. The summed E-state index contributed by atoms with van der Waals surface area (Å²) in [6.07, 6.45) is 1.13. The van der Waals surface area contributed by atoms with Gasteiger partial charge in [-0.25, -0.2) is 0 Å². The van der Waals surface area contributed by atoms with Gasteiger partial charge in [-0.1, -0.05) is 6.92 Å². The summed E-state index contributed by atoms with van der Waals surface area (Å²) in [7, 11) is 0. The Bertz CT molecular complexity index is 243. The van der Waals surface area contributed by atoms with Gasteiger partial charge in [-0.3, -0.25) is 0 Å². The zero-order valence-electron chi connectivity index (χ0n) is 7.76. The number of aryl methyl sites for hydroxylation is 2. The van der Waals surface area contributed by atoms with Crippen molar-refractivity contribution in [1.29, 1.82) is 0 Å². The Labute approximate surface area is 84.4 Å². The van der Waals surface area contributed by atoms with Gasteiger partial charge in [-0.15, -0.1) is 23.7 Å². The van der Waals surface area contributed by atoms with Gasteiger partial charge < -0.3 is 5.73 Å². The summed E-state index contributed by atoms with van der Waals surface area (Å²) in [5, 5.41) is 0. The van der Waals surface area contributed by atoms with Crippen molar-refractivity contribution in [3.05, 3.63) is 21.4 Å². The maximum absolute atomic E-state index is 5.76. The van der Waals surface area contributed by atoms with Crippen LogP contribution in [0.15, 0.2) is 6.07 Å². The van der Waals surface area contributed by atoms with Crippen LogP contribution in [0.5, 0.6) is 0 Å². The molecule has 12 heavy (non-hydrogen) atoms. The van der Waals surface area contributed by atoms with E-state index in [-0.39, 0.29) is 18.4 Å². The van der Waals surface area contributed by atoms with E-state index in [1.165, 1.54) is 15.3 Å². The van der Waals surface area contributed by atoms with Gasteiger partial charge in [0, 0.05) is 15.8 Å². The van der Waals surface area contributed by atoms with Crippen molar-refractivity contribution in [2.75, 3.05) is 0 Å². The topological polar surface area (TPSA) is 26.0 Å². The van der Waals surface area contributed by atoms with Crippen LogP contribution < -0.4 is 5.73 Å². The van der Waals surface area contributed by atoms with E-state index in [1.54, 1.807) is 0 Å². The highest BCUT2D eigenvalue weighted by atomic mass is 35.5. The molecule has 0 spiro atoms. The Morgan fingerprint density at radius 1 is 1.58 bits per heavy atom. The van der Waals surface area contributed by atoms with E-state index in [0.29, 0.717) is 0 Å². The van der Waals surface area contributed by atoms with Gasteiger partial charge >= 0.3 is 0 Å². The van der Waals surface area contributed by atoms with Crippen molar-refractivity contribution in [1.82, 2.24) is 0 Å². The van der Waals surface area contributed by atoms with Crippen molar-refractivity contribution in [2.24, 2.45) is 5.73 Å². The van der Waals surface area contributed by atoms with E-state index >= 15 is 0 Å². The molecule has 0 radical (unpaired) electrons. The second-order valence-electron chi connectivity index (χ2n) is 2.90. The highest BCUT2D eigenvalue weighted by Gasteiger charge is 2.06. The monoisotopic (exact) mass is 205 g/mol. The van der Waals surface area contributed by atoms with Crippen molar-refractivity contribution < 1.29 is 0 Å². The Kier molecular flexibility index (Phi) is 4.83. The highest BCUT2D eigenvalue weighted by molar-refractivity contribution is 7.12. The quantitative estimate of drug-likeness (QED) is 0.789. The third kappa shape index (κ3) is 2.47. The lowest BCUT2D eigenvalue weighted by Crippen LogP contribution is -2.01. The fraction of sp³-hybridized carbons (Fsp3) is 0.556. The zero-order chi connectivity index (χ0) is 8.43. The van der Waals surface area contributed by atoms with Gasteiger partial charge in [-0.05, 0) is 31.9 Å². The lowest BCUT2D eigenvalue weighted by Gasteiger charge is -1.97. The van der Waals surface area contributed by atoms with E-state index in [4.69, 9.17) is 5.73 Å².